The van der Waals surface area contributed by atoms with Crippen LogP contribution in [0.2, 0.25) is 10.0 Å². The smallest absolute Gasteiger partial charge is 0.264 e. The molecule has 1 N–H and O–H groups in total. The molecule has 0 bridgehead atoms. The molecule has 0 aliphatic heterocycles. The zero-order chi connectivity index (χ0) is 24.1. The highest BCUT2D eigenvalue weighted by molar-refractivity contribution is 7.92. The molecule has 5 nitrogen and oxygen atoms in total. The minimum absolute atomic E-state index is 0.0310. The van der Waals surface area contributed by atoms with Crippen LogP contribution in [0.15, 0.2) is 108 Å². The van der Waals surface area contributed by atoms with Crippen molar-refractivity contribution in [2.75, 3.05) is 16.2 Å². The maximum absolute atomic E-state index is 13.5. The molecule has 0 heterocycles. The number of benzene rings is 4. The predicted octanol–water partition coefficient (Wildman–Crippen LogP) is 6.49. The van der Waals surface area contributed by atoms with Crippen LogP contribution >= 0.6 is 23.2 Å². The Kier molecular flexibility index (Phi) is 7.22. The highest BCUT2D eigenvalue weighted by atomic mass is 35.5. The zero-order valence-corrected chi connectivity index (χ0v) is 20.2. The Balaban J connectivity index is 1.70. The van der Waals surface area contributed by atoms with E-state index in [1.165, 1.54) is 24.3 Å². The number of anilines is 2. The van der Waals surface area contributed by atoms with Gasteiger partial charge in [0.25, 0.3) is 10.0 Å². The highest BCUT2D eigenvalue weighted by Crippen LogP contribution is 2.33. The highest BCUT2D eigenvalue weighted by Gasteiger charge is 2.29. The van der Waals surface area contributed by atoms with E-state index in [4.69, 9.17) is 23.2 Å². The van der Waals surface area contributed by atoms with Crippen molar-refractivity contribution in [2.45, 2.75) is 4.90 Å². The van der Waals surface area contributed by atoms with Crippen LogP contribution in [0, 0.1) is 0 Å². The average molecular weight is 511 g/mol. The van der Waals surface area contributed by atoms with Gasteiger partial charge in [0.05, 0.1) is 15.6 Å². The van der Waals surface area contributed by atoms with E-state index in [0.717, 1.165) is 15.4 Å². The van der Waals surface area contributed by atoms with Crippen molar-refractivity contribution in [1.82, 2.24) is 0 Å². The molecule has 0 fully saturated rings. The fraction of sp³-hybridized carbons (Fsp3) is 0.0385. The summed E-state index contributed by atoms with van der Waals surface area (Å²) < 4.78 is 28.0. The second kappa shape index (κ2) is 10.3. The lowest BCUT2D eigenvalue weighted by Crippen LogP contribution is -2.38. The number of hydrogen-bond donors (Lipinski definition) is 1. The summed E-state index contributed by atoms with van der Waals surface area (Å²) in [6, 6.07) is 29.2. The molecule has 0 aliphatic rings. The van der Waals surface area contributed by atoms with E-state index < -0.39 is 22.5 Å². The molecule has 0 unspecified atom stereocenters. The van der Waals surface area contributed by atoms with Crippen molar-refractivity contribution in [2.24, 2.45) is 0 Å². The Labute approximate surface area is 208 Å². The third-order valence-electron chi connectivity index (χ3n) is 5.08. The first kappa shape index (κ1) is 23.8. The number of para-hydroxylation sites is 1. The largest absolute Gasteiger partial charge is 0.324 e. The van der Waals surface area contributed by atoms with Gasteiger partial charge in [0.15, 0.2) is 0 Å². The van der Waals surface area contributed by atoms with Crippen molar-refractivity contribution >= 4 is 50.5 Å². The summed E-state index contributed by atoms with van der Waals surface area (Å²) in [5, 5.41) is 3.29. The Morgan fingerprint density at radius 3 is 2.12 bits per heavy atom. The van der Waals surface area contributed by atoms with Crippen molar-refractivity contribution < 1.29 is 13.2 Å². The number of halogens is 2. The molecule has 0 radical (unpaired) electrons. The van der Waals surface area contributed by atoms with Crippen LogP contribution in [-0.4, -0.2) is 20.9 Å². The summed E-state index contributed by atoms with van der Waals surface area (Å²) in [5.41, 5.74) is 2.41. The topological polar surface area (TPSA) is 66.5 Å². The predicted molar refractivity (Wildman–Crippen MR) is 138 cm³/mol. The molecule has 1 amide bonds. The maximum Gasteiger partial charge on any atom is 0.264 e. The molecule has 0 atom stereocenters. The third kappa shape index (κ3) is 5.25. The van der Waals surface area contributed by atoms with Gasteiger partial charge in [-0.15, -0.1) is 0 Å². The van der Waals surface area contributed by atoms with E-state index in [0.29, 0.717) is 10.7 Å². The Bertz CT molecular complexity index is 1410. The van der Waals surface area contributed by atoms with E-state index in [9.17, 15) is 13.2 Å². The van der Waals surface area contributed by atoms with Crippen LogP contribution < -0.4 is 9.62 Å². The molecule has 0 aliphatic carbocycles. The van der Waals surface area contributed by atoms with Crippen LogP contribution in [0.25, 0.3) is 11.1 Å². The fourth-order valence-corrected chi connectivity index (χ4v) is 5.37. The number of carbonyl (C=O) groups excluding carboxylic acids is 1. The van der Waals surface area contributed by atoms with Crippen molar-refractivity contribution in [1.29, 1.82) is 0 Å². The molecule has 0 spiro atoms. The number of sulfonamides is 1. The Morgan fingerprint density at radius 2 is 1.41 bits per heavy atom. The lowest BCUT2D eigenvalue weighted by molar-refractivity contribution is -0.114. The van der Waals surface area contributed by atoms with E-state index in [2.05, 4.69) is 5.32 Å². The van der Waals surface area contributed by atoms with Gasteiger partial charge in [-0.25, -0.2) is 8.42 Å². The number of hydrogen-bond acceptors (Lipinski definition) is 3. The summed E-state index contributed by atoms with van der Waals surface area (Å²) in [6.07, 6.45) is 0. The van der Waals surface area contributed by atoms with Crippen molar-refractivity contribution in [3.63, 3.8) is 0 Å². The summed E-state index contributed by atoms with van der Waals surface area (Å²) in [6.45, 7) is -0.500. The van der Waals surface area contributed by atoms with Crippen molar-refractivity contribution in [3.8, 4) is 11.1 Å². The standard InChI is InChI=1S/C26H20Cl2N2O3S/c27-20-15-16-23(28)25(17-20)30(34(32,33)21-11-5-2-6-12-21)18-26(31)29-24-14-8-7-13-22(24)19-9-3-1-4-10-19/h1-17H,18H2,(H,29,31). The van der Waals surface area contributed by atoms with E-state index in [-0.39, 0.29) is 15.6 Å². The number of rotatable bonds is 7. The minimum atomic E-state index is -4.11. The van der Waals surface area contributed by atoms with E-state index in [1.54, 1.807) is 36.4 Å². The number of carbonyl (C=O) groups is 1. The number of amides is 1. The van der Waals surface area contributed by atoms with Crippen LogP contribution in [-0.2, 0) is 14.8 Å². The van der Waals surface area contributed by atoms with Gasteiger partial charge in [-0.05, 0) is 42.0 Å². The minimum Gasteiger partial charge on any atom is -0.324 e. The maximum atomic E-state index is 13.5. The molecule has 0 aromatic heterocycles. The normalized spacial score (nSPS) is 11.1. The zero-order valence-electron chi connectivity index (χ0n) is 17.9. The Morgan fingerprint density at radius 1 is 0.794 bits per heavy atom. The van der Waals surface area contributed by atoms with Gasteiger partial charge in [0.1, 0.15) is 6.54 Å². The van der Waals surface area contributed by atoms with Gasteiger partial charge in [-0.2, -0.15) is 0 Å². The van der Waals surface area contributed by atoms with Crippen LogP contribution in [0.4, 0.5) is 11.4 Å². The quantitative estimate of drug-likeness (QED) is 0.308. The lowest BCUT2D eigenvalue weighted by Gasteiger charge is -2.25. The van der Waals surface area contributed by atoms with Gasteiger partial charge >= 0.3 is 0 Å². The summed E-state index contributed by atoms with van der Waals surface area (Å²) >= 11 is 12.5. The summed E-state index contributed by atoms with van der Waals surface area (Å²) in [4.78, 5) is 13.2. The molecule has 4 aromatic carbocycles. The first-order valence-corrected chi connectivity index (χ1v) is 12.5. The first-order valence-electron chi connectivity index (χ1n) is 10.3. The van der Waals surface area contributed by atoms with E-state index in [1.807, 2.05) is 42.5 Å². The summed E-state index contributed by atoms with van der Waals surface area (Å²) in [5.74, 6) is -0.529. The number of nitrogens with one attached hydrogen (secondary N) is 1. The second-order valence-electron chi connectivity index (χ2n) is 7.38. The monoisotopic (exact) mass is 510 g/mol. The van der Waals surface area contributed by atoms with Gasteiger partial charge in [0, 0.05) is 16.3 Å². The SMILES string of the molecule is O=C(CN(c1cc(Cl)ccc1Cl)S(=O)(=O)c1ccccc1)Nc1ccccc1-c1ccccc1. The fourth-order valence-electron chi connectivity index (χ4n) is 3.48. The lowest BCUT2D eigenvalue weighted by atomic mass is 10.0. The Hall–Kier alpha value is -3.32. The van der Waals surface area contributed by atoms with Crippen LogP contribution in [0.3, 0.4) is 0 Å². The van der Waals surface area contributed by atoms with Crippen molar-refractivity contribution in [3.05, 3.63) is 113 Å². The molecule has 34 heavy (non-hydrogen) atoms. The molecule has 4 rings (SSSR count). The third-order valence-corrected chi connectivity index (χ3v) is 7.41. The first-order chi connectivity index (χ1) is 16.4. The van der Waals surface area contributed by atoms with E-state index >= 15 is 0 Å². The average Bonchev–Trinajstić information content (AvgIpc) is 2.85. The van der Waals surface area contributed by atoms with Gasteiger partial charge in [-0.3, -0.25) is 9.10 Å². The molecule has 172 valence electrons. The number of nitrogens with zero attached hydrogens (tertiary/aromatic N) is 1. The molecule has 0 saturated carbocycles. The molecule has 8 heteroatoms. The molecular formula is C26H20Cl2N2O3S. The molecule has 0 saturated heterocycles. The van der Waals surface area contributed by atoms with Gasteiger partial charge in [0.2, 0.25) is 5.91 Å². The van der Waals surface area contributed by atoms with Crippen LogP contribution in [0.5, 0.6) is 0 Å². The molecule has 4 aromatic rings. The van der Waals surface area contributed by atoms with Gasteiger partial charge in [-0.1, -0.05) is 89.9 Å². The van der Waals surface area contributed by atoms with Gasteiger partial charge < -0.3 is 5.32 Å². The summed E-state index contributed by atoms with van der Waals surface area (Å²) in [7, 11) is -4.11. The molecular weight excluding hydrogens is 491 g/mol. The second-order valence-corrected chi connectivity index (χ2v) is 10.1. The van der Waals surface area contributed by atoms with Crippen LogP contribution in [0.1, 0.15) is 0 Å².